The third-order valence-corrected chi connectivity index (χ3v) is 12.1. The van der Waals surface area contributed by atoms with Gasteiger partial charge in [-0.1, -0.05) is 240 Å². The molecule has 0 saturated heterocycles. The van der Waals surface area contributed by atoms with E-state index in [0.29, 0.717) is 11.1 Å². The van der Waals surface area contributed by atoms with Crippen LogP contribution >= 0.6 is 0 Å². The van der Waals surface area contributed by atoms with Crippen molar-refractivity contribution in [2.24, 2.45) is 0 Å². The van der Waals surface area contributed by atoms with Crippen molar-refractivity contribution < 1.29 is 9.59 Å². The monoisotopic (exact) mass is 852 g/mol. The molecule has 0 radical (unpaired) electrons. The van der Waals surface area contributed by atoms with E-state index in [2.05, 4.69) is 130 Å². The van der Waals surface area contributed by atoms with Gasteiger partial charge in [-0.3, -0.25) is 9.59 Å². The molecule has 9 aromatic carbocycles. The lowest BCUT2D eigenvalue weighted by Gasteiger charge is -2.34. The molecule has 0 bridgehead atoms. The highest BCUT2D eigenvalue weighted by Gasteiger charge is 2.45. The Kier molecular flexibility index (Phi) is 13.6. The van der Waals surface area contributed by atoms with Crippen LogP contribution in [-0.4, -0.2) is 11.6 Å². The van der Waals surface area contributed by atoms with Crippen LogP contribution in [0.15, 0.2) is 224 Å². The Morgan fingerprint density at radius 1 is 0.318 bits per heavy atom. The predicted molar refractivity (Wildman–Crippen MR) is 272 cm³/mol. The fraction of sp³-hybridized carbons (Fsp3) is 0.0938. The van der Waals surface area contributed by atoms with Gasteiger partial charge in [0.05, 0.1) is 5.41 Å². The normalized spacial score (nSPS) is 11.5. The van der Waals surface area contributed by atoms with E-state index in [1.54, 1.807) is 0 Å². The fourth-order valence-electron chi connectivity index (χ4n) is 8.48. The third-order valence-electron chi connectivity index (χ3n) is 12.1. The molecule has 320 valence electrons. The van der Waals surface area contributed by atoms with Crippen LogP contribution in [0.1, 0.15) is 93.0 Å². The van der Waals surface area contributed by atoms with Gasteiger partial charge < -0.3 is 0 Å². The van der Waals surface area contributed by atoms with E-state index < -0.39 is 0 Å². The number of benzene rings is 9. The molecule has 9 aromatic rings. The average molecular weight is 853 g/mol. The van der Waals surface area contributed by atoms with Gasteiger partial charge in [0.25, 0.3) is 0 Å². The Morgan fingerprint density at radius 3 is 1.14 bits per heavy atom. The van der Waals surface area contributed by atoms with Crippen molar-refractivity contribution in [3.05, 3.63) is 308 Å². The topological polar surface area (TPSA) is 34.1 Å². The first-order valence-corrected chi connectivity index (χ1v) is 22.4. The molecular weight excluding hydrogens is 801 g/mol. The van der Waals surface area contributed by atoms with Crippen LogP contribution in [0.2, 0.25) is 0 Å². The zero-order valence-corrected chi connectivity index (χ0v) is 38.2. The van der Waals surface area contributed by atoms with Crippen molar-refractivity contribution in [1.29, 1.82) is 0 Å². The summed E-state index contributed by atoms with van der Waals surface area (Å²) in [5.41, 5.74) is 18.6. The van der Waals surface area contributed by atoms with E-state index in [0.717, 1.165) is 27.8 Å². The SMILES string of the molecule is Cc1ccc(C#Cc2cccc(C(=O)c3ccc(C)cc3)c2)cc1.Cc1ccc(C(=O)c2ccccc2)cc1.Cc1ccc(C2(c3ccc(C)cc3)c3ccccc3-c3ccccc32)cc1. The van der Waals surface area contributed by atoms with Gasteiger partial charge in [-0.05, 0) is 92.3 Å². The largest absolute Gasteiger partial charge is 0.289 e. The molecule has 66 heavy (non-hydrogen) atoms. The van der Waals surface area contributed by atoms with Gasteiger partial charge in [0.2, 0.25) is 0 Å². The Hall–Kier alpha value is -8.12. The lowest BCUT2D eigenvalue weighted by molar-refractivity contribution is 0.103. The molecule has 10 rings (SSSR count). The zero-order chi connectivity index (χ0) is 46.0. The number of fused-ring (bicyclic) bond motifs is 3. The Bertz CT molecular complexity index is 3070. The van der Waals surface area contributed by atoms with E-state index in [-0.39, 0.29) is 17.0 Å². The summed E-state index contributed by atoms with van der Waals surface area (Å²) in [5, 5.41) is 0. The van der Waals surface area contributed by atoms with E-state index in [1.807, 2.05) is 141 Å². The first-order chi connectivity index (χ1) is 32.1. The third kappa shape index (κ3) is 9.83. The van der Waals surface area contributed by atoms with E-state index in [1.165, 1.54) is 55.6 Å². The van der Waals surface area contributed by atoms with Crippen LogP contribution in [-0.2, 0) is 5.41 Å². The summed E-state index contributed by atoms with van der Waals surface area (Å²) >= 11 is 0. The lowest BCUT2D eigenvalue weighted by Crippen LogP contribution is -2.28. The van der Waals surface area contributed by atoms with Crippen LogP contribution in [0.4, 0.5) is 0 Å². The van der Waals surface area contributed by atoms with Gasteiger partial charge in [-0.2, -0.15) is 0 Å². The number of hydrogen-bond acceptors (Lipinski definition) is 2. The molecule has 2 heteroatoms. The quantitative estimate of drug-likeness (QED) is 0.123. The molecule has 0 aromatic heterocycles. The molecule has 0 heterocycles. The predicted octanol–water partition coefficient (Wildman–Crippen LogP) is 14.8. The number of hydrogen-bond donors (Lipinski definition) is 0. The van der Waals surface area contributed by atoms with Gasteiger partial charge >= 0.3 is 0 Å². The summed E-state index contributed by atoms with van der Waals surface area (Å²) in [5.74, 6) is 6.38. The Labute approximate surface area is 390 Å². The summed E-state index contributed by atoms with van der Waals surface area (Å²) in [6.07, 6.45) is 0. The van der Waals surface area contributed by atoms with Crippen molar-refractivity contribution in [3.63, 3.8) is 0 Å². The lowest BCUT2D eigenvalue weighted by atomic mass is 9.67. The van der Waals surface area contributed by atoms with Gasteiger partial charge in [-0.15, -0.1) is 0 Å². The van der Waals surface area contributed by atoms with Crippen LogP contribution in [0, 0.1) is 46.5 Å². The number of aryl methyl sites for hydroxylation is 5. The smallest absolute Gasteiger partial charge is 0.193 e. The first-order valence-electron chi connectivity index (χ1n) is 22.4. The maximum absolute atomic E-state index is 12.6. The van der Waals surface area contributed by atoms with Gasteiger partial charge in [0.1, 0.15) is 0 Å². The molecule has 0 fully saturated rings. The van der Waals surface area contributed by atoms with E-state index in [9.17, 15) is 9.59 Å². The number of carbonyl (C=O) groups excluding carboxylic acids is 2. The van der Waals surface area contributed by atoms with Gasteiger partial charge in [-0.25, -0.2) is 0 Å². The molecule has 0 unspecified atom stereocenters. The number of rotatable bonds is 6. The van der Waals surface area contributed by atoms with Gasteiger partial charge in [0, 0.05) is 33.4 Å². The van der Waals surface area contributed by atoms with Crippen LogP contribution < -0.4 is 0 Å². The number of carbonyl (C=O) groups is 2. The molecule has 1 aliphatic rings. The second-order valence-corrected chi connectivity index (χ2v) is 17.0. The van der Waals surface area contributed by atoms with Crippen molar-refractivity contribution in [2.45, 2.75) is 40.0 Å². The molecule has 0 amide bonds. The van der Waals surface area contributed by atoms with Gasteiger partial charge in [0.15, 0.2) is 11.6 Å². The zero-order valence-electron chi connectivity index (χ0n) is 38.2. The molecule has 1 aliphatic carbocycles. The minimum atomic E-state index is -0.269. The maximum Gasteiger partial charge on any atom is 0.193 e. The molecular formula is C64H52O2. The second kappa shape index (κ2) is 20.2. The highest BCUT2D eigenvalue weighted by molar-refractivity contribution is 6.09. The van der Waals surface area contributed by atoms with Crippen molar-refractivity contribution in [3.8, 4) is 23.0 Å². The summed E-state index contributed by atoms with van der Waals surface area (Å²) in [7, 11) is 0. The average Bonchev–Trinajstić information content (AvgIpc) is 3.66. The minimum absolute atomic E-state index is 0.0222. The Morgan fingerprint density at radius 2 is 0.667 bits per heavy atom. The molecule has 0 N–H and O–H groups in total. The minimum Gasteiger partial charge on any atom is -0.289 e. The van der Waals surface area contributed by atoms with Crippen LogP contribution in [0.25, 0.3) is 11.1 Å². The number of ketones is 2. The van der Waals surface area contributed by atoms with E-state index in [4.69, 9.17) is 0 Å². The molecule has 2 nitrogen and oxygen atoms in total. The van der Waals surface area contributed by atoms with Crippen LogP contribution in [0.5, 0.6) is 0 Å². The van der Waals surface area contributed by atoms with Crippen molar-refractivity contribution in [1.82, 2.24) is 0 Å². The first kappa shape index (κ1) is 44.5. The molecule has 0 atom stereocenters. The highest BCUT2D eigenvalue weighted by Crippen LogP contribution is 2.55. The summed E-state index contributed by atoms with van der Waals surface area (Å²) < 4.78 is 0. The second-order valence-electron chi connectivity index (χ2n) is 17.0. The molecule has 0 aliphatic heterocycles. The summed E-state index contributed by atoms with van der Waals surface area (Å²) in [4.78, 5) is 24.5. The Balaban J connectivity index is 0.000000140. The molecule has 0 saturated carbocycles. The van der Waals surface area contributed by atoms with E-state index >= 15 is 0 Å². The fourth-order valence-corrected chi connectivity index (χ4v) is 8.48. The van der Waals surface area contributed by atoms with Crippen molar-refractivity contribution >= 4 is 11.6 Å². The highest BCUT2D eigenvalue weighted by atomic mass is 16.1. The molecule has 0 spiro atoms. The summed E-state index contributed by atoms with van der Waals surface area (Å²) in [6, 6.07) is 76.1. The van der Waals surface area contributed by atoms with Crippen molar-refractivity contribution in [2.75, 3.05) is 0 Å². The van der Waals surface area contributed by atoms with Crippen LogP contribution in [0.3, 0.4) is 0 Å². The maximum atomic E-state index is 12.6. The standard InChI is InChI=1S/C27H22.C23H18O.C14H12O/c1-19-11-15-21(16-12-19)27(22-17-13-20(2)14-18-22)25-9-5-3-7-23(25)24-8-4-6-10-26(24)27;1-17-6-10-19(11-7-17)12-13-20-4-3-5-22(16-20)23(24)21-14-8-18(2)9-15-21;1-11-7-9-13(10-8-11)14(15)12-5-3-2-4-6-12/h3-18H,1-2H3;3-11,14-16H,1-2H3;2-10H,1H3. The summed E-state index contributed by atoms with van der Waals surface area (Å²) in [6.45, 7) is 10.4.